The highest BCUT2D eigenvalue weighted by Gasteiger charge is 2.05. The standard InChI is InChI=1S/C16H15F/c1-4-13-7-8-14(10-16(13)17)15-9-11(2)5-6-12(15)3/h4-10H,1H2,2-3H3. The van der Waals surface area contributed by atoms with Crippen LogP contribution in [0.15, 0.2) is 43.0 Å². The number of hydrogen-bond donors (Lipinski definition) is 0. The van der Waals surface area contributed by atoms with E-state index in [0.717, 1.165) is 16.7 Å². The molecule has 0 atom stereocenters. The van der Waals surface area contributed by atoms with Crippen LogP contribution in [-0.2, 0) is 0 Å². The summed E-state index contributed by atoms with van der Waals surface area (Å²) < 4.78 is 13.7. The van der Waals surface area contributed by atoms with Crippen LogP contribution in [0, 0.1) is 19.7 Å². The number of benzene rings is 2. The summed E-state index contributed by atoms with van der Waals surface area (Å²) in [5.41, 5.74) is 4.87. The lowest BCUT2D eigenvalue weighted by molar-refractivity contribution is 0.625. The first kappa shape index (κ1) is 11.6. The topological polar surface area (TPSA) is 0 Å². The fraction of sp³-hybridized carbons (Fsp3) is 0.125. The van der Waals surface area contributed by atoms with Gasteiger partial charge in [0.1, 0.15) is 5.82 Å². The zero-order chi connectivity index (χ0) is 12.4. The molecule has 2 rings (SSSR count). The smallest absolute Gasteiger partial charge is 0.131 e. The van der Waals surface area contributed by atoms with Gasteiger partial charge in [0.05, 0.1) is 0 Å². The van der Waals surface area contributed by atoms with Crippen molar-refractivity contribution < 1.29 is 4.39 Å². The third-order valence-electron chi connectivity index (χ3n) is 2.92. The first-order chi connectivity index (χ1) is 8.11. The monoisotopic (exact) mass is 226 g/mol. The summed E-state index contributed by atoms with van der Waals surface area (Å²) in [4.78, 5) is 0. The van der Waals surface area contributed by atoms with Crippen molar-refractivity contribution in [3.63, 3.8) is 0 Å². The van der Waals surface area contributed by atoms with Gasteiger partial charge < -0.3 is 0 Å². The van der Waals surface area contributed by atoms with Crippen LogP contribution in [0.2, 0.25) is 0 Å². The second kappa shape index (κ2) is 4.54. The van der Waals surface area contributed by atoms with E-state index in [1.807, 2.05) is 19.9 Å². The summed E-state index contributed by atoms with van der Waals surface area (Å²) in [5.74, 6) is -0.224. The molecule has 0 nitrogen and oxygen atoms in total. The minimum absolute atomic E-state index is 0.224. The fourth-order valence-corrected chi connectivity index (χ4v) is 1.91. The van der Waals surface area contributed by atoms with Gasteiger partial charge in [0.25, 0.3) is 0 Å². The van der Waals surface area contributed by atoms with Crippen molar-refractivity contribution in [2.75, 3.05) is 0 Å². The highest BCUT2D eigenvalue weighted by Crippen LogP contribution is 2.26. The van der Waals surface area contributed by atoms with Gasteiger partial charge in [-0.1, -0.05) is 48.6 Å². The lowest BCUT2D eigenvalue weighted by Gasteiger charge is -2.08. The van der Waals surface area contributed by atoms with Crippen molar-refractivity contribution in [3.05, 3.63) is 65.5 Å². The second-order valence-electron chi connectivity index (χ2n) is 4.26. The molecule has 0 radical (unpaired) electrons. The molecule has 0 unspecified atom stereocenters. The molecule has 2 aromatic rings. The Morgan fingerprint density at radius 3 is 2.47 bits per heavy atom. The Bertz CT molecular complexity index is 568. The van der Waals surface area contributed by atoms with Crippen LogP contribution in [0.5, 0.6) is 0 Å². The molecule has 0 heterocycles. The van der Waals surface area contributed by atoms with Crippen LogP contribution < -0.4 is 0 Å². The van der Waals surface area contributed by atoms with Gasteiger partial charge in [0.15, 0.2) is 0 Å². The van der Waals surface area contributed by atoms with E-state index in [-0.39, 0.29) is 5.82 Å². The second-order valence-corrected chi connectivity index (χ2v) is 4.26. The maximum absolute atomic E-state index is 13.7. The van der Waals surface area contributed by atoms with Gasteiger partial charge in [-0.05, 0) is 36.6 Å². The van der Waals surface area contributed by atoms with Gasteiger partial charge in [-0.3, -0.25) is 0 Å². The average Bonchev–Trinajstić information content (AvgIpc) is 2.32. The molecule has 0 saturated heterocycles. The van der Waals surface area contributed by atoms with Gasteiger partial charge in [-0.15, -0.1) is 0 Å². The third kappa shape index (κ3) is 2.28. The molecule has 0 aromatic heterocycles. The molecule has 17 heavy (non-hydrogen) atoms. The van der Waals surface area contributed by atoms with Crippen LogP contribution >= 0.6 is 0 Å². The minimum atomic E-state index is -0.224. The molecule has 0 aliphatic rings. The van der Waals surface area contributed by atoms with Gasteiger partial charge in [0, 0.05) is 5.56 Å². The number of rotatable bonds is 2. The zero-order valence-electron chi connectivity index (χ0n) is 10.1. The lowest BCUT2D eigenvalue weighted by Crippen LogP contribution is -1.88. The molecule has 0 bridgehead atoms. The van der Waals surface area contributed by atoms with E-state index in [9.17, 15) is 4.39 Å². The van der Waals surface area contributed by atoms with Gasteiger partial charge in [-0.25, -0.2) is 4.39 Å². The Kier molecular flexibility index (Phi) is 3.10. The molecule has 0 N–H and O–H groups in total. The van der Waals surface area contributed by atoms with Crippen LogP contribution in [0.1, 0.15) is 16.7 Å². The highest BCUT2D eigenvalue weighted by molar-refractivity contribution is 5.69. The van der Waals surface area contributed by atoms with Crippen molar-refractivity contribution in [1.82, 2.24) is 0 Å². The summed E-state index contributed by atoms with van der Waals surface area (Å²) in [6, 6.07) is 11.5. The molecule has 0 saturated carbocycles. The van der Waals surface area contributed by atoms with Crippen LogP contribution in [-0.4, -0.2) is 0 Å². The molecular formula is C16H15F. The molecule has 2 aromatic carbocycles. The molecular weight excluding hydrogens is 211 g/mol. The number of hydrogen-bond acceptors (Lipinski definition) is 0. The Balaban J connectivity index is 2.57. The van der Waals surface area contributed by atoms with Crippen molar-refractivity contribution in [3.8, 4) is 11.1 Å². The zero-order valence-corrected chi connectivity index (χ0v) is 10.1. The summed E-state index contributed by atoms with van der Waals surface area (Å²) in [6.45, 7) is 7.66. The van der Waals surface area contributed by atoms with E-state index < -0.39 is 0 Å². The summed E-state index contributed by atoms with van der Waals surface area (Å²) in [6.07, 6.45) is 1.53. The van der Waals surface area contributed by atoms with Crippen molar-refractivity contribution >= 4 is 6.08 Å². The van der Waals surface area contributed by atoms with E-state index in [0.29, 0.717) is 5.56 Å². The van der Waals surface area contributed by atoms with Crippen LogP contribution in [0.4, 0.5) is 4.39 Å². The normalized spacial score (nSPS) is 10.3. The van der Waals surface area contributed by atoms with Crippen LogP contribution in [0.25, 0.3) is 17.2 Å². The predicted octanol–water partition coefficient (Wildman–Crippen LogP) is 4.75. The van der Waals surface area contributed by atoms with Crippen LogP contribution in [0.3, 0.4) is 0 Å². The summed E-state index contributed by atoms with van der Waals surface area (Å²) in [7, 11) is 0. The Morgan fingerprint density at radius 2 is 1.82 bits per heavy atom. The number of halogens is 1. The third-order valence-corrected chi connectivity index (χ3v) is 2.92. The lowest BCUT2D eigenvalue weighted by atomic mass is 9.97. The van der Waals surface area contributed by atoms with Crippen molar-refractivity contribution in [2.24, 2.45) is 0 Å². The molecule has 0 aliphatic carbocycles. The Labute approximate surface area is 101 Å². The Morgan fingerprint density at radius 1 is 1.06 bits per heavy atom. The Hall–Kier alpha value is -1.89. The molecule has 1 heteroatoms. The summed E-state index contributed by atoms with van der Waals surface area (Å²) >= 11 is 0. The van der Waals surface area contributed by atoms with Gasteiger partial charge >= 0.3 is 0 Å². The van der Waals surface area contributed by atoms with Crippen molar-refractivity contribution in [1.29, 1.82) is 0 Å². The van der Waals surface area contributed by atoms with Gasteiger partial charge in [0.2, 0.25) is 0 Å². The maximum atomic E-state index is 13.7. The fourth-order valence-electron chi connectivity index (χ4n) is 1.91. The quantitative estimate of drug-likeness (QED) is 0.693. The SMILES string of the molecule is C=Cc1ccc(-c2cc(C)ccc2C)cc1F. The summed E-state index contributed by atoms with van der Waals surface area (Å²) in [5, 5.41) is 0. The van der Waals surface area contributed by atoms with E-state index in [4.69, 9.17) is 0 Å². The van der Waals surface area contributed by atoms with E-state index >= 15 is 0 Å². The van der Waals surface area contributed by atoms with E-state index in [2.05, 4.69) is 24.8 Å². The predicted molar refractivity (Wildman–Crippen MR) is 71.4 cm³/mol. The molecule has 86 valence electrons. The van der Waals surface area contributed by atoms with Crippen molar-refractivity contribution in [2.45, 2.75) is 13.8 Å². The molecule has 0 spiro atoms. The minimum Gasteiger partial charge on any atom is -0.206 e. The molecule has 0 aliphatic heterocycles. The average molecular weight is 226 g/mol. The first-order valence-electron chi connectivity index (χ1n) is 5.61. The van der Waals surface area contributed by atoms with E-state index in [1.165, 1.54) is 11.6 Å². The first-order valence-corrected chi connectivity index (χ1v) is 5.61. The largest absolute Gasteiger partial charge is 0.206 e. The molecule has 0 fully saturated rings. The van der Waals surface area contributed by atoms with Gasteiger partial charge in [-0.2, -0.15) is 0 Å². The maximum Gasteiger partial charge on any atom is 0.131 e. The van der Waals surface area contributed by atoms with E-state index in [1.54, 1.807) is 12.1 Å². The molecule has 0 amide bonds. The number of aryl methyl sites for hydroxylation is 2. The highest BCUT2D eigenvalue weighted by atomic mass is 19.1.